The van der Waals surface area contributed by atoms with Crippen LogP contribution in [0.1, 0.15) is 39.7 Å². The summed E-state index contributed by atoms with van der Waals surface area (Å²) in [6.07, 6.45) is 6.49. The average molecular weight is 422 g/mol. The number of likely N-dealkylation sites (tertiary alicyclic amines) is 1. The molecule has 0 spiro atoms. The Bertz CT molecular complexity index is 1040. The highest BCUT2D eigenvalue weighted by Crippen LogP contribution is 2.40. The summed E-state index contributed by atoms with van der Waals surface area (Å²) >= 11 is 0. The fourth-order valence-corrected chi connectivity index (χ4v) is 4.26. The van der Waals surface area contributed by atoms with E-state index in [9.17, 15) is 14.9 Å². The van der Waals surface area contributed by atoms with Gasteiger partial charge in [0.05, 0.1) is 24.0 Å². The number of amides is 2. The van der Waals surface area contributed by atoms with Gasteiger partial charge in [-0.05, 0) is 24.8 Å². The molecule has 0 bridgehead atoms. The molecule has 0 aromatic carbocycles. The molecule has 31 heavy (non-hydrogen) atoms. The Balaban J connectivity index is 1.47. The molecule has 2 aliphatic rings. The number of carbonyl (C=O) groups excluding carboxylic acids is 2. The van der Waals surface area contributed by atoms with Crippen molar-refractivity contribution in [2.45, 2.75) is 39.7 Å². The lowest BCUT2D eigenvalue weighted by Gasteiger charge is -2.24. The van der Waals surface area contributed by atoms with Crippen LogP contribution in [0.3, 0.4) is 0 Å². The van der Waals surface area contributed by atoms with Crippen LogP contribution in [0.25, 0.3) is 0 Å². The van der Waals surface area contributed by atoms with E-state index in [0.29, 0.717) is 31.3 Å². The van der Waals surface area contributed by atoms with Crippen molar-refractivity contribution < 1.29 is 9.59 Å². The van der Waals surface area contributed by atoms with Gasteiger partial charge >= 0.3 is 0 Å². The first kappa shape index (κ1) is 20.8. The van der Waals surface area contributed by atoms with Gasteiger partial charge in [-0.1, -0.05) is 13.8 Å². The molecular weight excluding hydrogens is 396 g/mol. The SMILES string of the molecule is CC(=O)N1CC[C@@H](n2cc(Nc3nccc(N4CC[C@@](C#N)(C(C)C)C4=O)n3)cn2)C1. The molecule has 10 heteroatoms. The van der Waals surface area contributed by atoms with Crippen LogP contribution in [0.5, 0.6) is 0 Å². The van der Waals surface area contributed by atoms with Gasteiger partial charge in [0.1, 0.15) is 11.2 Å². The molecule has 2 atom stereocenters. The second-order valence-electron chi connectivity index (χ2n) is 8.42. The molecule has 4 rings (SSSR count). The molecule has 1 N–H and O–H groups in total. The van der Waals surface area contributed by atoms with Crippen LogP contribution in [0.4, 0.5) is 17.5 Å². The standard InChI is InChI=1S/C21H26N8O2/c1-14(2)21(13-22)6-9-28(19(21)31)18-4-7-23-20(26-18)25-16-10-24-29(11-16)17-5-8-27(12-17)15(3)30/h4,7,10-11,14,17H,5-6,8-9,12H2,1-3H3,(H,23,25,26)/t17-,21-/m1/s1. The van der Waals surface area contributed by atoms with E-state index in [-0.39, 0.29) is 23.8 Å². The lowest BCUT2D eigenvalue weighted by molar-refractivity contribution is -0.128. The van der Waals surface area contributed by atoms with E-state index in [2.05, 4.69) is 26.5 Å². The van der Waals surface area contributed by atoms with Gasteiger partial charge in [0.25, 0.3) is 0 Å². The third-order valence-corrected chi connectivity index (χ3v) is 6.30. The van der Waals surface area contributed by atoms with Gasteiger partial charge in [0, 0.05) is 39.0 Å². The minimum atomic E-state index is -1.01. The van der Waals surface area contributed by atoms with Crippen LogP contribution < -0.4 is 10.2 Å². The van der Waals surface area contributed by atoms with Crippen LogP contribution in [-0.4, -0.2) is 56.1 Å². The minimum Gasteiger partial charge on any atom is -0.341 e. The summed E-state index contributed by atoms with van der Waals surface area (Å²) in [4.78, 5) is 36.6. The summed E-state index contributed by atoms with van der Waals surface area (Å²) in [7, 11) is 0. The predicted molar refractivity (Wildman–Crippen MR) is 113 cm³/mol. The van der Waals surface area contributed by atoms with E-state index in [0.717, 1.165) is 18.7 Å². The summed E-state index contributed by atoms with van der Waals surface area (Å²) in [6, 6.07) is 4.05. The van der Waals surface area contributed by atoms with E-state index in [4.69, 9.17) is 0 Å². The van der Waals surface area contributed by atoms with Crippen LogP contribution in [0.15, 0.2) is 24.7 Å². The maximum absolute atomic E-state index is 13.0. The van der Waals surface area contributed by atoms with Gasteiger partial charge in [0.15, 0.2) is 0 Å². The molecule has 0 radical (unpaired) electrons. The van der Waals surface area contributed by atoms with Crippen molar-refractivity contribution in [3.63, 3.8) is 0 Å². The zero-order chi connectivity index (χ0) is 22.2. The number of nitrogens with one attached hydrogen (secondary N) is 1. The number of anilines is 3. The van der Waals surface area contributed by atoms with Crippen molar-refractivity contribution >= 4 is 29.3 Å². The van der Waals surface area contributed by atoms with E-state index < -0.39 is 5.41 Å². The van der Waals surface area contributed by atoms with Crippen molar-refractivity contribution in [2.24, 2.45) is 11.3 Å². The molecule has 2 aliphatic heterocycles. The smallest absolute Gasteiger partial charge is 0.248 e. The monoisotopic (exact) mass is 422 g/mol. The molecule has 4 heterocycles. The fraction of sp³-hybridized carbons (Fsp3) is 0.524. The number of nitriles is 1. The van der Waals surface area contributed by atoms with Gasteiger partial charge in [-0.2, -0.15) is 15.3 Å². The highest BCUT2D eigenvalue weighted by Gasteiger charge is 2.50. The number of aromatic nitrogens is 4. The Morgan fingerprint density at radius 3 is 2.84 bits per heavy atom. The second kappa shape index (κ2) is 7.98. The van der Waals surface area contributed by atoms with Crippen molar-refractivity contribution in [1.82, 2.24) is 24.6 Å². The zero-order valence-electron chi connectivity index (χ0n) is 17.9. The fourth-order valence-electron chi connectivity index (χ4n) is 4.26. The predicted octanol–water partition coefficient (Wildman–Crippen LogP) is 2.11. The molecule has 2 fully saturated rings. The molecule has 2 aromatic rings. The third kappa shape index (κ3) is 3.71. The van der Waals surface area contributed by atoms with Gasteiger partial charge < -0.3 is 10.2 Å². The Morgan fingerprint density at radius 1 is 1.39 bits per heavy atom. The molecular formula is C21H26N8O2. The molecule has 2 aromatic heterocycles. The first-order valence-corrected chi connectivity index (χ1v) is 10.5. The van der Waals surface area contributed by atoms with Gasteiger partial charge in [-0.25, -0.2) is 4.98 Å². The topological polar surface area (TPSA) is 120 Å². The molecule has 162 valence electrons. The van der Waals surface area contributed by atoms with E-state index in [1.165, 1.54) is 0 Å². The minimum absolute atomic E-state index is 0.0743. The Kier molecular flexibility index (Phi) is 5.35. The maximum atomic E-state index is 13.0. The first-order chi connectivity index (χ1) is 14.8. The van der Waals surface area contributed by atoms with Crippen LogP contribution >= 0.6 is 0 Å². The van der Waals surface area contributed by atoms with Crippen LogP contribution in [-0.2, 0) is 9.59 Å². The highest BCUT2D eigenvalue weighted by molar-refractivity contribution is 6.01. The lowest BCUT2D eigenvalue weighted by atomic mass is 9.77. The van der Waals surface area contributed by atoms with Crippen molar-refractivity contribution in [3.05, 3.63) is 24.7 Å². The molecule has 2 amide bonds. The second-order valence-corrected chi connectivity index (χ2v) is 8.42. The summed E-state index contributed by atoms with van der Waals surface area (Å²) < 4.78 is 1.85. The number of carbonyl (C=O) groups is 2. The molecule has 2 saturated heterocycles. The Hall–Kier alpha value is -3.48. The van der Waals surface area contributed by atoms with E-state index in [1.807, 2.05) is 29.6 Å². The van der Waals surface area contributed by atoms with Crippen molar-refractivity contribution in [1.29, 1.82) is 5.26 Å². The maximum Gasteiger partial charge on any atom is 0.248 e. The molecule has 0 unspecified atom stereocenters. The van der Waals surface area contributed by atoms with Gasteiger partial charge in [0.2, 0.25) is 17.8 Å². The molecule has 10 nitrogen and oxygen atoms in total. The van der Waals surface area contributed by atoms with Crippen LogP contribution in [0, 0.1) is 22.7 Å². The molecule has 0 saturated carbocycles. The zero-order valence-corrected chi connectivity index (χ0v) is 17.9. The highest BCUT2D eigenvalue weighted by atomic mass is 16.2. The van der Waals surface area contributed by atoms with Crippen molar-refractivity contribution in [3.8, 4) is 6.07 Å². The largest absolute Gasteiger partial charge is 0.341 e. The van der Waals surface area contributed by atoms with Crippen molar-refractivity contribution in [2.75, 3.05) is 29.9 Å². The van der Waals surface area contributed by atoms with Crippen LogP contribution in [0.2, 0.25) is 0 Å². The average Bonchev–Trinajstić information content (AvgIpc) is 3.46. The number of nitrogens with zero attached hydrogens (tertiary/aromatic N) is 7. The van der Waals surface area contributed by atoms with E-state index >= 15 is 0 Å². The first-order valence-electron chi connectivity index (χ1n) is 10.5. The normalized spacial score (nSPS) is 23.5. The molecule has 0 aliphatic carbocycles. The quantitative estimate of drug-likeness (QED) is 0.783. The lowest BCUT2D eigenvalue weighted by Crippen LogP contribution is -2.37. The van der Waals surface area contributed by atoms with E-state index in [1.54, 1.807) is 30.3 Å². The summed E-state index contributed by atoms with van der Waals surface area (Å²) in [6.45, 7) is 7.21. The summed E-state index contributed by atoms with van der Waals surface area (Å²) in [5.41, 5.74) is -0.283. The van der Waals surface area contributed by atoms with Gasteiger partial charge in [-0.15, -0.1) is 0 Å². The summed E-state index contributed by atoms with van der Waals surface area (Å²) in [5, 5.41) is 17.2. The Labute approximate surface area is 180 Å². The third-order valence-electron chi connectivity index (χ3n) is 6.30. The summed E-state index contributed by atoms with van der Waals surface area (Å²) in [5.74, 6) is 0.613. The number of hydrogen-bond donors (Lipinski definition) is 1. The number of hydrogen-bond acceptors (Lipinski definition) is 7. The number of rotatable bonds is 5. The van der Waals surface area contributed by atoms with Gasteiger partial charge in [-0.3, -0.25) is 19.2 Å². The Morgan fingerprint density at radius 2 is 2.19 bits per heavy atom.